The zero-order chi connectivity index (χ0) is 20.9. The van der Waals surface area contributed by atoms with E-state index in [9.17, 15) is 10.2 Å². The van der Waals surface area contributed by atoms with Crippen molar-refractivity contribution in [3.05, 3.63) is 77.4 Å². The zero-order valence-corrected chi connectivity index (χ0v) is 18.4. The monoisotopic (exact) mass is 430 g/mol. The van der Waals surface area contributed by atoms with E-state index in [1.807, 2.05) is 24.3 Å². The van der Waals surface area contributed by atoms with Gasteiger partial charge in [-0.3, -0.25) is 0 Å². The summed E-state index contributed by atoms with van der Waals surface area (Å²) in [6.07, 6.45) is 3.56. The summed E-state index contributed by atoms with van der Waals surface area (Å²) in [7, 11) is 0. The van der Waals surface area contributed by atoms with Crippen molar-refractivity contribution in [1.29, 1.82) is 0 Å². The summed E-state index contributed by atoms with van der Waals surface area (Å²) in [5.41, 5.74) is 10.4. The molecular weight excluding hydrogens is 400 g/mol. The molecule has 0 amide bonds. The number of rotatable bonds is 9. The molecule has 0 saturated heterocycles. The lowest BCUT2D eigenvalue weighted by Gasteiger charge is -2.24. The third-order valence-corrected chi connectivity index (χ3v) is 5.34. The Morgan fingerprint density at radius 2 is 1.57 bits per heavy atom. The Kier molecular flexibility index (Phi) is 8.62. The van der Waals surface area contributed by atoms with Gasteiger partial charge in [-0.1, -0.05) is 62.4 Å². The zero-order valence-electron chi connectivity index (χ0n) is 17.5. The quantitative estimate of drug-likeness (QED) is 0.475. The molecule has 5 nitrogen and oxygen atoms in total. The summed E-state index contributed by atoms with van der Waals surface area (Å²) in [6, 6.07) is 16.6. The Morgan fingerprint density at radius 1 is 0.967 bits per heavy atom. The Labute approximate surface area is 184 Å². The predicted octanol–water partition coefficient (Wildman–Crippen LogP) is 4.09. The van der Waals surface area contributed by atoms with E-state index in [-0.39, 0.29) is 25.6 Å². The number of hydrogen-bond donors (Lipinski definition) is 3. The number of halogens is 1. The fraction of sp³-hybridized carbons (Fsp3) is 0.375. The van der Waals surface area contributed by atoms with Crippen LogP contribution in [-0.2, 0) is 12.8 Å². The van der Waals surface area contributed by atoms with Crippen molar-refractivity contribution < 1.29 is 14.6 Å². The highest BCUT2D eigenvalue weighted by molar-refractivity contribution is 5.85. The van der Waals surface area contributed by atoms with Crippen LogP contribution in [-0.4, -0.2) is 33.9 Å². The van der Waals surface area contributed by atoms with E-state index in [2.05, 4.69) is 43.1 Å². The molecule has 0 bridgehead atoms. The summed E-state index contributed by atoms with van der Waals surface area (Å²) >= 11 is 0. The average Bonchev–Trinajstić information content (AvgIpc) is 3.21. The molecule has 0 spiro atoms. The van der Waals surface area contributed by atoms with Crippen LogP contribution in [0.2, 0.25) is 0 Å². The number of aliphatic hydroxyl groups excluding tert-OH is 2. The standard InChI is InChI=1S/C24H30N2O3.ClH/c1-17(2)20-7-5-19(6-8-20)13-23-26-22(14-29-23)21-9-3-18(4-10-21)11-12-24(25,15-27)16-28;/h3-10,14,17,27-28H,11-13,15-16,25H2,1-2H3;1H. The second kappa shape index (κ2) is 10.7. The molecule has 2 aromatic carbocycles. The lowest BCUT2D eigenvalue weighted by molar-refractivity contribution is 0.115. The molecule has 0 saturated carbocycles. The Hall–Kier alpha value is -2.18. The van der Waals surface area contributed by atoms with Gasteiger partial charge in [-0.2, -0.15) is 0 Å². The number of nitrogens with zero attached hydrogens (tertiary/aromatic N) is 1. The predicted molar refractivity (Wildman–Crippen MR) is 122 cm³/mol. The van der Waals surface area contributed by atoms with Crippen LogP contribution in [0, 0.1) is 0 Å². The molecule has 0 radical (unpaired) electrons. The minimum Gasteiger partial charge on any atom is -0.448 e. The fourth-order valence-electron chi connectivity index (χ4n) is 3.16. The number of oxazole rings is 1. The normalized spacial score (nSPS) is 11.5. The molecule has 4 N–H and O–H groups in total. The first-order chi connectivity index (χ1) is 13.9. The van der Waals surface area contributed by atoms with Gasteiger partial charge in [0.25, 0.3) is 0 Å². The first kappa shape index (κ1) is 24.1. The van der Waals surface area contributed by atoms with Gasteiger partial charge in [-0.05, 0) is 35.4 Å². The number of nitrogens with two attached hydrogens (primary N) is 1. The Bertz CT molecular complexity index is 901. The highest BCUT2D eigenvalue weighted by Crippen LogP contribution is 2.22. The van der Waals surface area contributed by atoms with Gasteiger partial charge in [0.15, 0.2) is 5.89 Å². The molecule has 0 aliphatic rings. The summed E-state index contributed by atoms with van der Waals surface area (Å²) in [6.45, 7) is 3.91. The number of aryl methyl sites for hydroxylation is 1. The number of aromatic nitrogens is 1. The second-order valence-electron chi connectivity index (χ2n) is 8.08. The van der Waals surface area contributed by atoms with Gasteiger partial charge in [0.1, 0.15) is 12.0 Å². The highest BCUT2D eigenvalue weighted by Gasteiger charge is 2.22. The van der Waals surface area contributed by atoms with Gasteiger partial charge in [0, 0.05) is 12.0 Å². The molecule has 0 unspecified atom stereocenters. The average molecular weight is 431 g/mol. The van der Waals surface area contributed by atoms with E-state index in [4.69, 9.17) is 10.2 Å². The van der Waals surface area contributed by atoms with Crippen LogP contribution in [0.3, 0.4) is 0 Å². The molecule has 3 rings (SSSR count). The van der Waals surface area contributed by atoms with Crippen molar-refractivity contribution in [2.24, 2.45) is 5.73 Å². The molecule has 1 aromatic heterocycles. The van der Waals surface area contributed by atoms with Gasteiger partial charge >= 0.3 is 0 Å². The first-order valence-corrected chi connectivity index (χ1v) is 10.1. The smallest absolute Gasteiger partial charge is 0.198 e. The molecule has 3 aromatic rings. The van der Waals surface area contributed by atoms with Crippen molar-refractivity contribution in [3.8, 4) is 11.3 Å². The molecule has 30 heavy (non-hydrogen) atoms. The molecule has 0 aliphatic heterocycles. The topological polar surface area (TPSA) is 92.5 Å². The SMILES string of the molecule is CC(C)c1ccc(Cc2nc(-c3ccc(CCC(N)(CO)CO)cc3)co2)cc1.Cl. The number of benzene rings is 2. The lowest BCUT2D eigenvalue weighted by Crippen LogP contribution is -2.47. The number of aliphatic hydroxyl groups is 2. The van der Waals surface area contributed by atoms with Crippen molar-refractivity contribution in [2.45, 2.75) is 44.6 Å². The molecule has 0 fully saturated rings. The van der Waals surface area contributed by atoms with E-state index in [0.717, 1.165) is 16.8 Å². The summed E-state index contributed by atoms with van der Waals surface area (Å²) < 4.78 is 5.67. The van der Waals surface area contributed by atoms with E-state index in [1.54, 1.807) is 6.26 Å². The maximum Gasteiger partial charge on any atom is 0.198 e. The summed E-state index contributed by atoms with van der Waals surface area (Å²) in [4.78, 5) is 4.62. The van der Waals surface area contributed by atoms with Crippen LogP contribution >= 0.6 is 12.4 Å². The highest BCUT2D eigenvalue weighted by atomic mass is 35.5. The lowest BCUT2D eigenvalue weighted by atomic mass is 9.93. The summed E-state index contributed by atoms with van der Waals surface area (Å²) in [5.74, 6) is 1.22. The van der Waals surface area contributed by atoms with Crippen LogP contribution in [0.4, 0.5) is 0 Å². The Morgan fingerprint density at radius 3 is 2.13 bits per heavy atom. The van der Waals surface area contributed by atoms with Gasteiger partial charge in [0.05, 0.1) is 18.8 Å². The van der Waals surface area contributed by atoms with Crippen LogP contribution in [0.25, 0.3) is 11.3 Å². The third-order valence-electron chi connectivity index (χ3n) is 5.34. The number of hydrogen-bond acceptors (Lipinski definition) is 5. The minimum atomic E-state index is -0.937. The van der Waals surface area contributed by atoms with Crippen LogP contribution < -0.4 is 5.73 Å². The maximum atomic E-state index is 9.30. The molecule has 162 valence electrons. The molecule has 6 heteroatoms. The fourth-order valence-corrected chi connectivity index (χ4v) is 3.16. The second-order valence-corrected chi connectivity index (χ2v) is 8.08. The molecule has 0 aliphatic carbocycles. The van der Waals surface area contributed by atoms with E-state index < -0.39 is 5.54 Å². The van der Waals surface area contributed by atoms with Crippen LogP contribution in [0.15, 0.2) is 59.2 Å². The van der Waals surface area contributed by atoms with Crippen molar-refractivity contribution in [2.75, 3.05) is 13.2 Å². The minimum absolute atomic E-state index is 0. The van der Waals surface area contributed by atoms with E-state index in [1.165, 1.54) is 11.1 Å². The van der Waals surface area contributed by atoms with Crippen molar-refractivity contribution in [3.63, 3.8) is 0 Å². The van der Waals surface area contributed by atoms with Crippen molar-refractivity contribution in [1.82, 2.24) is 4.98 Å². The van der Waals surface area contributed by atoms with Crippen molar-refractivity contribution >= 4 is 12.4 Å². The molecule has 0 atom stereocenters. The largest absolute Gasteiger partial charge is 0.448 e. The van der Waals surface area contributed by atoms with E-state index in [0.29, 0.717) is 31.1 Å². The van der Waals surface area contributed by atoms with Crippen LogP contribution in [0.1, 0.15) is 48.8 Å². The van der Waals surface area contributed by atoms with E-state index >= 15 is 0 Å². The van der Waals surface area contributed by atoms with Crippen LogP contribution in [0.5, 0.6) is 0 Å². The van der Waals surface area contributed by atoms with Gasteiger partial charge in [-0.25, -0.2) is 4.98 Å². The van der Waals surface area contributed by atoms with Gasteiger partial charge in [-0.15, -0.1) is 12.4 Å². The first-order valence-electron chi connectivity index (χ1n) is 10.1. The Balaban J connectivity index is 0.00000320. The maximum absolute atomic E-state index is 9.30. The molecular formula is C24H31ClN2O3. The molecule has 1 heterocycles. The third kappa shape index (κ3) is 6.16. The van der Waals surface area contributed by atoms with Gasteiger partial charge < -0.3 is 20.4 Å². The summed E-state index contributed by atoms with van der Waals surface area (Å²) in [5, 5.41) is 18.6. The van der Waals surface area contributed by atoms with Gasteiger partial charge in [0.2, 0.25) is 0 Å².